The molecular formula is C27H17BeNO2. The number of pyridine rings is 1. The van der Waals surface area contributed by atoms with Crippen molar-refractivity contribution in [1.82, 2.24) is 0 Å². The molecule has 0 aliphatic rings. The van der Waals surface area contributed by atoms with Crippen LogP contribution in [0.5, 0.6) is 11.5 Å². The Labute approximate surface area is 183 Å². The van der Waals surface area contributed by atoms with Crippen LogP contribution in [0, 0.1) is 6.07 Å². The average Bonchev–Trinajstić information content (AvgIpc) is 2.79. The molecule has 144 valence electrons. The molecule has 0 saturated carbocycles. The van der Waals surface area contributed by atoms with Crippen LogP contribution in [0.25, 0.3) is 43.2 Å². The third-order valence-corrected chi connectivity index (χ3v) is 5.28. The second-order valence-corrected chi connectivity index (χ2v) is 7.11. The fraction of sp³-hybridized carbons (Fsp3) is 0. The summed E-state index contributed by atoms with van der Waals surface area (Å²) < 4.78 is 0. The van der Waals surface area contributed by atoms with Gasteiger partial charge in [-0.1, -0.05) is 71.1 Å². The van der Waals surface area contributed by atoms with E-state index in [2.05, 4.69) is 11.1 Å². The molecule has 0 amide bonds. The van der Waals surface area contributed by atoms with Gasteiger partial charge in [-0.3, -0.25) is 0 Å². The predicted octanol–water partition coefficient (Wildman–Crippen LogP) is 4.37. The standard InChI is InChI=1S/C14H9O.C13H9NO.Be/c15-13-7-3-5-11-9-8-10-4-1-2-6-12(10)14(11)13;15-11-5-1-3-9-6-7-10-4-2-8-14-13(10)12(9)11;/h1-5,7-9,15H;1-8,15H;/q-1;;+2/p-1. The molecule has 31 heavy (non-hydrogen) atoms. The van der Waals surface area contributed by atoms with Crippen LogP contribution in [-0.4, -0.2) is 10.1 Å². The van der Waals surface area contributed by atoms with Gasteiger partial charge < -0.3 is 10.2 Å². The van der Waals surface area contributed by atoms with Crippen molar-refractivity contribution >= 4 is 53.3 Å². The van der Waals surface area contributed by atoms with E-state index in [1.165, 1.54) is 0 Å². The van der Waals surface area contributed by atoms with Crippen molar-refractivity contribution in [3.63, 3.8) is 0 Å². The number of H-pyrrole nitrogens is 1. The molecule has 0 bridgehead atoms. The molecule has 0 spiro atoms. The summed E-state index contributed by atoms with van der Waals surface area (Å²) in [4.78, 5) is 3.13. The minimum atomic E-state index is 0. The van der Waals surface area contributed by atoms with Crippen LogP contribution in [-0.2, 0) is 0 Å². The maximum atomic E-state index is 11.8. The summed E-state index contributed by atoms with van der Waals surface area (Å²) in [6, 6.07) is 31.5. The Bertz CT molecular complexity index is 1410. The van der Waals surface area contributed by atoms with Crippen molar-refractivity contribution in [3.05, 3.63) is 103 Å². The average molecular weight is 396 g/mol. The minimum absolute atomic E-state index is 0. The summed E-state index contributed by atoms with van der Waals surface area (Å²) in [6.45, 7) is 0. The van der Waals surface area contributed by atoms with E-state index in [1.807, 2.05) is 72.9 Å². The molecule has 4 heteroatoms. The molecular weight excluding hydrogens is 379 g/mol. The fourth-order valence-electron chi connectivity index (χ4n) is 3.88. The summed E-state index contributed by atoms with van der Waals surface area (Å²) in [6.07, 6.45) is 1.84. The van der Waals surface area contributed by atoms with Gasteiger partial charge >= 0.3 is 10.1 Å². The molecule has 5 aromatic carbocycles. The first-order valence-electron chi connectivity index (χ1n) is 9.71. The molecule has 0 saturated heterocycles. The number of hydrogen-bond donors (Lipinski definition) is 0. The van der Waals surface area contributed by atoms with Gasteiger partial charge in [0, 0.05) is 16.8 Å². The molecule has 1 heterocycles. The molecule has 0 aliphatic carbocycles. The second kappa shape index (κ2) is 8.43. The van der Waals surface area contributed by atoms with E-state index in [4.69, 9.17) is 0 Å². The number of aromatic amines is 1. The van der Waals surface area contributed by atoms with Crippen molar-refractivity contribution in [3.8, 4) is 11.5 Å². The topological polar surface area (TPSA) is 60.3 Å². The predicted molar refractivity (Wildman–Crippen MR) is 123 cm³/mol. The zero-order valence-electron chi connectivity index (χ0n) is 16.8. The van der Waals surface area contributed by atoms with Crippen molar-refractivity contribution in [1.29, 1.82) is 0 Å². The Morgan fingerprint density at radius 3 is 1.94 bits per heavy atom. The Morgan fingerprint density at radius 2 is 1.16 bits per heavy atom. The maximum Gasteiger partial charge on any atom is 2.00 e. The van der Waals surface area contributed by atoms with Crippen LogP contribution in [0.3, 0.4) is 0 Å². The Balaban J connectivity index is 0.000000144. The van der Waals surface area contributed by atoms with Gasteiger partial charge in [0.25, 0.3) is 0 Å². The van der Waals surface area contributed by atoms with Gasteiger partial charge in [-0.25, -0.2) is 4.98 Å². The van der Waals surface area contributed by atoms with E-state index in [1.54, 1.807) is 24.3 Å². The molecule has 1 N–H and O–H groups in total. The number of hydrogen-bond acceptors (Lipinski definition) is 2. The molecule has 0 unspecified atom stereocenters. The van der Waals surface area contributed by atoms with Crippen LogP contribution in [0.2, 0.25) is 0 Å². The molecule has 0 atom stereocenters. The van der Waals surface area contributed by atoms with Crippen LogP contribution < -0.4 is 15.2 Å². The molecule has 6 aromatic rings. The normalized spacial score (nSPS) is 10.6. The Morgan fingerprint density at radius 1 is 0.581 bits per heavy atom. The summed E-state index contributed by atoms with van der Waals surface area (Å²) in [7, 11) is 0. The molecule has 6 rings (SSSR count). The van der Waals surface area contributed by atoms with E-state index in [9.17, 15) is 10.2 Å². The van der Waals surface area contributed by atoms with Gasteiger partial charge in [-0.2, -0.15) is 0 Å². The monoisotopic (exact) mass is 396 g/mol. The van der Waals surface area contributed by atoms with Gasteiger partial charge in [-0.05, 0) is 17.5 Å². The second-order valence-electron chi connectivity index (χ2n) is 7.11. The Kier molecular flexibility index (Phi) is 5.53. The van der Waals surface area contributed by atoms with E-state index >= 15 is 0 Å². The Hall–Kier alpha value is -3.94. The molecule has 0 fully saturated rings. The summed E-state index contributed by atoms with van der Waals surface area (Å²) in [5, 5.41) is 30.1. The van der Waals surface area contributed by atoms with E-state index < -0.39 is 0 Å². The minimum Gasteiger partial charge on any atom is -0.879 e. The summed E-state index contributed by atoms with van der Waals surface area (Å²) in [5.74, 6) is 0.140. The van der Waals surface area contributed by atoms with Gasteiger partial charge in [-0.15, -0.1) is 40.8 Å². The van der Waals surface area contributed by atoms with Crippen LogP contribution >= 0.6 is 0 Å². The van der Waals surface area contributed by atoms with Crippen LogP contribution in [0.1, 0.15) is 0 Å². The third-order valence-electron chi connectivity index (χ3n) is 5.28. The van der Waals surface area contributed by atoms with Crippen molar-refractivity contribution < 1.29 is 15.2 Å². The van der Waals surface area contributed by atoms with Gasteiger partial charge in [0.15, 0.2) is 6.20 Å². The van der Waals surface area contributed by atoms with Crippen molar-refractivity contribution in [2.75, 3.05) is 0 Å². The number of fused-ring (bicyclic) bond motifs is 6. The zero-order chi connectivity index (χ0) is 20.5. The summed E-state index contributed by atoms with van der Waals surface area (Å²) in [5.41, 5.74) is 0.917. The first-order valence-corrected chi connectivity index (χ1v) is 9.71. The number of benzene rings is 5. The molecule has 1 aromatic heterocycles. The van der Waals surface area contributed by atoms with Crippen molar-refractivity contribution in [2.24, 2.45) is 0 Å². The summed E-state index contributed by atoms with van der Waals surface area (Å²) >= 11 is 0. The number of rotatable bonds is 0. The van der Waals surface area contributed by atoms with Crippen LogP contribution in [0.4, 0.5) is 0 Å². The third kappa shape index (κ3) is 3.68. The first-order chi connectivity index (χ1) is 14.7. The van der Waals surface area contributed by atoms with E-state index in [-0.39, 0.29) is 21.6 Å². The molecule has 0 aliphatic heterocycles. The maximum absolute atomic E-state index is 11.8. The molecule has 3 nitrogen and oxygen atoms in total. The smallest absolute Gasteiger partial charge is 0.879 e. The van der Waals surface area contributed by atoms with Gasteiger partial charge in [0.2, 0.25) is 5.52 Å². The van der Waals surface area contributed by atoms with Gasteiger partial charge in [0.1, 0.15) is 0 Å². The quantitative estimate of drug-likeness (QED) is 0.217. The number of aromatic nitrogens is 1. The van der Waals surface area contributed by atoms with E-state index in [0.29, 0.717) is 0 Å². The number of nitrogens with one attached hydrogen (secondary N) is 1. The zero-order valence-corrected chi connectivity index (χ0v) is 16.8. The van der Waals surface area contributed by atoms with E-state index in [0.717, 1.165) is 43.2 Å². The first kappa shape index (κ1) is 20.3. The van der Waals surface area contributed by atoms with Gasteiger partial charge in [0.05, 0.1) is 0 Å². The SMILES string of the molecule is [Be+2].[O-]c1cccc2ccc3ccc[c-]c3c12.[O-]c1cccc2ccc3ccc[nH+]c3c12. The fourth-order valence-corrected chi connectivity index (χ4v) is 3.88. The van der Waals surface area contributed by atoms with Crippen LogP contribution in [0.15, 0.2) is 97.2 Å². The van der Waals surface area contributed by atoms with Crippen molar-refractivity contribution in [2.45, 2.75) is 0 Å². The largest absolute Gasteiger partial charge is 2.00 e. The molecule has 0 radical (unpaired) electrons.